The SMILES string of the molecule is O=C([O-])c1ccccc1S(=O)(=O)O.[Au].[Na+]. The van der Waals surface area contributed by atoms with Crippen LogP contribution < -0.4 is 34.7 Å². The van der Waals surface area contributed by atoms with Crippen molar-refractivity contribution in [3.05, 3.63) is 29.8 Å². The van der Waals surface area contributed by atoms with Crippen molar-refractivity contribution in [2.45, 2.75) is 4.90 Å². The zero-order valence-corrected chi connectivity index (χ0v) is 12.6. The number of carbonyl (C=O) groups excluding carboxylic acids is 1. The number of aromatic carboxylic acids is 1. The van der Waals surface area contributed by atoms with Gasteiger partial charge >= 0.3 is 29.6 Å². The Morgan fingerprint density at radius 2 is 1.73 bits per heavy atom. The van der Waals surface area contributed by atoms with E-state index < -0.39 is 26.5 Å². The molecule has 0 fully saturated rings. The average Bonchev–Trinajstić information content (AvgIpc) is 2.03. The minimum absolute atomic E-state index is 0. The maximum atomic E-state index is 10.6. The first-order chi connectivity index (χ1) is 5.93. The van der Waals surface area contributed by atoms with Crippen molar-refractivity contribution in [3.63, 3.8) is 0 Å². The van der Waals surface area contributed by atoms with E-state index in [1.165, 1.54) is 12.1 Å². The summed E-state index contributed by atoms with van der Waals surface area (Å²) in [5.74, 6) is -1.65. The molecule has 1 rings (SSSR count). The molecular formula is C7H5AuNaO5S. The molecule has 5 nitrogen and oxygen atoms in total. The van der Waals surface area contributed by atoms with Crippen LogP contribution in [-0.2, 0) is 32.5 Å². The summed E-state index contributed by atoms with van der Waals surface area (Å²) in [5.41, 5.74) is -0.551. The fourth-order valence-electron chi connectivity index (χ4n) is 0.860. The smallest absolute Gasteiger partial charge is 0.545 e. The molecule has 15 heavy (non-hydrogen) atoms. The maximum absolute atomic E-state index is 10.6. The number of hydrogen-bond acceptors (Lipinski definition) is 4. The normalized spacial score (nSPS) is 9.67. The average molecular weight is 421 g/mol. The van der Waals surface area contributed by atoms with E-state index in [1.807, 2.05) is 0 Å². The van der Waals surface area contributed by atoms with Crippen LogP contribution in [0.25, 0.3) is 0 Å². The van der Waals surface area contributed by atoms with E-state index in [1.54, 1.807) is 0 Å². The number of carboxylic acid groups (broad SMARTS) is 1. The Hall–Kier alpha value is 0.340. The van der Waals surface area contributed by atoms with E-state index in [-0.39, 0.29) is 51.9 Å². The molecule has 1 aromatic rings. The first-order valence-electron chi connectivity index (χ1n) is 3.21. The predicted molar refractivity (Wildman–Crippen MR) is 40.6 cm³/mol. The Morgan fingerprint density at radius 1 is 1.27 bits per heavy atom. The van der Waals surface area contributed by atoms with Crippen molar-refractivity contribution < 1.29 is 74.8 Å². The number of carbonyl (C=O) groups is 1. The van der Waals surface area contributed by atoms with Crippen LogP contribution in [-0.4, -0.2) is 18.9 Å². The van der Waals surface area contributed by atoms with E-state index in [4.69, 9.17) is 4.55 Å². The van der Waals surface area contributed by atoms with Gasteiger partial charge in [-0.1, -0.05) is 18.2 Å². The quantitative estimate of drug-likeness (QED) is 0.392. The molecule has 81 valence electrons. The molecule has 0 unspecified atom stereocenters. The monoisotopic (exact) mass is 421 g/mol. The summed E-state index contributed by atoms with van der Waals surface area (Å²) in [5, 5.41) is 10.4. The fourth-order valence-corrected chi connectivity index (χ4v) is 1.54. The molecule has 0 amide bonds. The van der Waals surface area contributed by atoms with Crippen LogP contribution in [0.2, 0.25) is 0 Å². The van der Waals surface area contributed by atoms with Crippen molar-refractivity contribution in [2.24, 2.45) is 0 Å². The zero-order valence-electron chi connectivity index (χ0n) is 7.60. The van der Waals surface area contributed by atoms with E-state index in [0.29, 0.717) is 0 Å². The Labute approximate surface area is 124 Å². The Morgan fingerprint density at radius 3 is 2.07 bits per heavy atom. The van der Waals surface area contributed by atoms with Crippen LogP contribution in [0.3, 0.4) is 0 Å². The minimum Gasteiger partial charge on any atom is -0.545 e. The molecule has 0 atom stereocenters. The summed E-state index contributed by atoms with van der Waals surface area (Å²) in [6.45, 7) is 0. The van der Waals surface area contributed by atoms with E-state index in [9.17, 15) is 18.3 Å². The Balaban J connectivity index is 0. The van der Waals surface area contributed by atoms with Crippen molar-refractivity contribution in [2.75, 3.05) is 0 Å². The van der Waals surface area contributed by atoms with Gasteiger partial charge in [-0.15, -0.1) is 0 Å². The van der Waals surface area contributed by atoms with Gasteiger partial charge in [0, 0.05) is 27.9 Å². The van der Waals surface area contributed by atoms with Gasteiger partial charge in [-0.2, -0.15) is 8.42 Å². The summed E-state index contributed by atoms with van der Waals surface area (Å²) in [7, 11) is -4.50. The van der Waals surface area contributed by atoms with E-state index in [0.717, 1.165) is 12.1 Å². The number of benzene rings is 1. The maximum Gasteiger partial charge on any atom is 1.00 e. The van der Waals surface area contributed by atoms with Crippen LogP contribution in [0.4, 0.5) is 0 Å². The summed E-state index contributed by atoms with van der Waals surface area (Å²) in [6, 6.07) is 4.66. The standard InChI is InChI=1S/C7H6O5S.Au.Na/c8-7(9)5-3-1-2-4-6(5)13(10,11)12;;/h1-4H,(H,8,9)(H,10,11,12);;/q;;+1/p-1. The molecule has 8 heteroatoms. The molecule has 1 radical (unpaired) electrons. The molecule has 0 aliphatic rings. The molecule has 0 aliphatic carbocycles. The Kier molecular flexibility index (Phi) is 8.06. The molecule has 0 saturated heterocycles. The topological polar surface area (TPSA) is 94.5 Å². The molecular weight excluding hydrogens is 416 g/mol. The third-order valence-electron chi connectivity index (χ3n) is 1.38. The summed E-state index contributed by atoms with van der Waals surface area (Å²) in [6.07, 6.45) is 0. The molecule has 0 heterocycles. The Bertz CT molecular complexity index is 444. The third-order valence-corrected chi connectivity index (χ3v) is 2.30. The summed E-state index contributed by atoms with van der Waals surface area (Å²) < 4.78 is 29.8. The molecule has 1 aromatic carbocycles. The van der Waals surface area contributed by atoms with E-state index in [2.05, 4.69) is 0 Å². The van der Waals surface area contributed by atoms with Crippen LogP contribution >= 0.6 is 0 Å². The van der Waals surface area contributed by atoms with Gasteiger partial charge in [-0.3, -0.25) is 4.55 Å². The molecule has 0 spiro atoms. The number of hydrogen-bond donors (Lipinski definition) is 1. The predicted octanol–water partition coefficient (Wildman–Crippen LogP) is -3.70. The van der Waals surface area contributed by atoms with Gasteiger partial charge in [0.25, 0.3) is 10.1 Å². The van der Waals surface area contributed by atoms with E-state index >= 15 is 0 Å². The van der Waals surface area contributed by atoms with Gasteiger partial charge < -0.3 is 9.90 Å². The zero-order chi connectivity index (χ0) is 10.1. The number of carboxylic acids is 1. The molecule has 0 aliphatic heterocycles. The first-order valence-corrected chi connectivity index (χ1v) is 4.65. The molecule has 0 bridgehead atoms. The summed E-state index contributed by atoms with van der Waals surface area (Å²) >= 11 is 0. The van der Waals surface area contributed by atoms with Gasteiger partial charge in [0.2, 0.25) is 0 Å². The van der Waals surface area contributed by atoms with Crippen molar-refractivity contribution in [3.8, 4) is 0 Å². The summed E-state index contributed by atoms with van der Waals surface area (Å²) in [4.78, 5) is 9.72. The molecule has 1 N–H and O–H groups in total. The largest absolute Gasteiger partial charge is 1.00 e. The molecule has 0 saturated carbocycles. The van der Waals surface area contributed by atoms with Gasteiger partial charge in [-0.05, 0) is 6.07 Å². The first kappa shape index (κ1) is 17.7. The van der Waals surface area contributed by atoms with Crippen molar-refractivity contribution >= 4 is 16.1 Å². The number of rotatable bonds is 2. The van der Waals surface area contributed by atoms with Gasteiger partial charge in [0.15, 0.2) is 0 Å². The van der Waals surface area contributed by atoms with Crippen LogP contribution in [0.5, 0.6) is 0 Å². The van der Waals surface area contributed by atoms with Gasteiger partial charge in [-0.25, -0.2) is 0 Å². The minimum atomic E-state index is -4.50. The second kappa shape index (κ2) is 6.82. The van der Waals surface area contributed by atoms with Crippen molar-refractivity contribution in [1.82, 2.24) is 0 Å². The van der Waals surface area contributed by atoms with Crippen LogP contribution in [0, 0.1) is 0 Å². The second-order valence-electron chi connectivity index (χ2n) is 2.26. The van der Waals surface area contributed by atoms with Crippen LogP contribution in [0.15, 0.2) is 29.2 Å². The van der Waals surface area contributed by atoms with Crippen LogP contribution in [0.1, 0.15) is 10.4 Å². The van der Waals surface area contributed by atoms with Gasteiger partial charge in [0.1, 0.15) is 4.90 Å². The van der Waals surface area contributed by atoms with Crippen molar-refractivity contribution in [1.29, 1.82) is 0 Å². The van der Waals surface area contributed by atoms with Gasteiger partial charge in [0.05, 0.1) is 5.97 Å². The molecule has 0 aromatic heterocycles. The third kappa shape index (κ3) is 4.80. The fraction of sp³-hybridized carbons (Fsp3) is 0. The second-order valence-corrected chi connectivity index (χ2v) is 3.65.